The first-order chi connectivity index (χ1) is 15.3. The lowest BCUT2D eigenvalue weighted by molar-refractivity contribution is -0.128. The first kappa shape index (κ1) is 32.9. The summed E-state index contributed by atoms with van der Waals surface area (Å²) in [5.41, 5.74) is 2.92. The normalized spacial score (nSPS) is 14.7. The predicted molar refractivity (Wildman–Crippen MR) is 144 cm³/mol. The molecule has 0 saturated carbocycles. The van der Waals surface area contributed by atoms with Gasteiger partial charge in [0.1, 0.15) is 5.75 Å². The molecule has 0 bridgehead atoms. The summed E-state index contributed by atoms with van der Waals surface area (Å²) in [5, 5.41) is 0. The minimum atomic E-state index is -0.393. The number of carbonyl (C=O) groups is 1. The summed E-state index contributed by atoms with van der Waals surface area (Å²) >= 11 is 0. The fraction of sp³-hybridized carbons (Fsp3) is 0.767. The number of aryl methyl sites for hydroxylation is 1. The van der Waals surface area contributed by atoms with Crippen molar-refractivity contribution >= 4 is 5.78 Å². The van der Waals surface area contributed by atoms with E-state index in [1.807, 2.05) is 27.7 Å². The zero-order chi connectivity index (χ0) is 25.4. The number of ether oxygens (including phenoxy) is 1. The van der Waals surface area contributed by atoms with Crippen LogP contribution in [0.25, 0.3) is 0 Å². The highest BCUT2D eigenvalue weighted by atomic mass is 16.5. The maximum absolute atomic E-state index is 13.3. The van der Waals surface area contributed by atoms with Crippen LogP contribution in [-0.2, 0) is 15.6 Å². The Labute approximate surface area is 201 Å². The van der Waals surface area contributed by atoms with Gasteiger partial charge in [0.25, 0.3) is 0 Å². The molecule has 0 atom stereocenters. The van der Waals surface area contributed by atoms with Crippen LogP contribution >= 0.6 is 0 Å². The number of carbonyl (C=O) groups excluding carboxylic acids is 1. The van der Waals surface area contributed by atoms with Crippen LogP contribution in [0.3, 0.4) is 0 Å². The number of benzene rings is 1. The molecule has 0 spiro atoms. The molecule has 2 nitrogen and oxygen atoms in total. The lowest BCUT2D eigenvalue weighted by atomic mass is 9.71. The van der Waals surface area contributed by atoms with Gasteiger partial charge in [-0.25, -0.2) is 0 Å². The second-order valence-electron chi connectivity index (χ2n) is 8.96. The maximum atomic E-state index is 13.3. The van der Waals surface area contributed by atoms with Crippen molar-refractivity contribution in [2.45, 2.75) is 145 Å². The van der Waals surface area contributed by atoms with Gasteiger partial charge in [0.05, 0.1) is 12.5 Å². The van der Waals surface area contributed by atoms with Crippen LogP contribution in [0.4, 0.5) is 0 Å². The second-order valence-corrected chi connectivity index (χ2v) is 8.96. The fourth-order valence-corrected chi connectivity index (χ4v) is 5.06. The van der Waals surface area contributed by atoms with E-state index in [0.717, 1.165) is 31.4 Å². The molecular weight excluding hydrogens is 392 g/mol. The van der Waals surface area contributed by atoms with Gasteiger partial charge in [-0.15, -0.1) is 0 Å². The van der Waals surface area contributed by atoms with Crippen LogP contribution in [0.2, 0.25) is 0 Å². The number of hydrogen-bond donors (Lipinski definition) is 0. The molecule has 2 heteroatoms. The zero-order valence-corrected chi connectivity index (χ0v) is 23.8. The molecule has 0 amide bonds. The van der Waals surface area contributed by atoms with Gasteiger partial charge in [0.2, 0.25) is 0 Å². The van der Waals surface area contributed by atoms with Gasteiger partial charge >= 0.3 is 0 Å². The third-order valence-electron chi connectivity index (χ3n) is 6.25. The summed E-state index contributed by atoms with van der Waals surface area (Å²) in [5.74, 6) is 1.26. The van der Waals surface area contributed by atoms with Crippen LogP contribution in [0.15, 0.2) is 12.1 Å². The van der Waals surface area contributed by atoms with E-state index in [9.17, 15) is 4.79 Å². The van der Waals surface area contributed by atoms with Crippen molar-refractivity contribution in [3.05, 3.63) is 28.8 Å². The Hall–Kier alpha value is -1.31. The number of rotatable bonds is 9. The SMILES string of the molecule is CC.CC.CCCC1(CCC)C(=O)C(C)(C)c2c(C)cc(OC)cc21.CCCCCCC. The summed E-state index contributed by atoms with van der Waals surface area (Å²) in [4.78, 5) is 13.3. The number of fused-ring (bicyclic) bond motifs is 1. The molecule has 1 aromatic rings. The molecule has 1 aromatic carbocycles. The Morgan fingerprint density at radius 2 is 1.25 bits per heavy atom. The summed E-state index contributed by atoms with van der Waals surface area (Å²) in [6.07, 6.45) is 10.9. The molecule has 1 aliphatic carbocycles. The molecule has 0 N–H and O–H groups in total. The van der Waals surface area contributed by atoms with Gasteiger partial charge in [0, 0.05) is 5.41 Å². The highest BCUT2D eigenvalue weighted by Gasteiger charge is 2.55. The van der Waals surface area contributed by atoms with Gasteiger partial charge in [-0.1, -0.05) is 100 Å². The van der Waals surface area contributed by atoms with E-state index in [-0.39, 0.29) is 5.41 Å². The summed E-state index contributed by atoms with van der Waals surface area (Å²) in [7, 11) is 1.70. The van der Waals surface area contributed by atoms with Crippen LogP contribution in [-0.4, -0.2) is 12.9 Å². The molecule has 0 saturated heterocycles. The second kappa shape index (κ2) is 17.2. The van der Waals surface area contributed by atoms with Crippen molar-refractivity contribution < 1.29 is 9.53 Å². The van der Waals surface area contributed by atoms with E-state index >= 15 is 0 Å². The zero-order valence-electron chi connectivity index (χ0n) is 23.8. The van der Waals surface area contributed by atoms with Crippen molar-refractivity contribution in [2.24, 2.45) is 0 Å². The Balaban J connectivity index is 0. The van der Waals surface area contributed by atoms with Gasteiger partial charge in [-0.2, -0.15) is 0 Å². The summed E-state index contributed by atoms with van der Waals surface area (Å²) < 4.78 is 5.46. The summed E-state index contributed by atoms with van der Waals surface area (Å²) in [6.45, 7) is 23.1. The van der Waals surface area contributed by atoms with E-state index < -0.39 is 5.41 Å². The molecule has 32 heavy (non-hydrogen) atoms. The average Bonchev–Trinajstić information content (AvgIpc) is 2.96. The highest BCUT2D eigenvalue weighted by Crippen LogP contribution is 2.53. The fourth-order valence-electron chi connectivity index (χ4n) is 5.06. The molecule has 0 aliphatic heterocycles. The molecular formula is C30H56O2. The lowest BCUT2D eigenvalue weighted by Crippen LogP contribution is -2.38. The molecule has 0 fully saturated rings. The number of Topliss-reactive ketones (excluding diaryl/α,β-unsaturated/α-hetero) is 1. The smallest absolute Gasteiger partial charge is 0.153 e. The quantitative estimate of drug-likeness (QED) is 0.351. The van der Waals surface area contributed by atoms with Gasteiger partial charge in [-0.3, -0.25) is 4.79 Å². The highest BCUT2D eigenvalue weighted by molar-refractivity contribution is 6.03. The van der Waals surface area contributed by atoms with Crippen LogP contribution in [0, 0.1) is 6.92 Å². The van der Waals surface area contributed by atoms with E-state index in [1.54, 1.807) is 7.11 Å². The molecule has 0 radical (unpaired) electrons. The molecule has 0 aromatic heterocycles. The van der Waals surface area contributed by atoms with Gasteiger partial charge in [-0.05, 0) is 62.4 Å². The first-order valence-corrected chi connectivity index (χ1v) is 13.5. The standard InChI is InChI=1S/C19H28O2.C7H16.2C2H6/c1-7-9-19(10-8-2)15-12-14(21-6)11-13(3)16(15)18(4,5)17(19)20;1-3-5-7-6-4-2;2*1-2/h11-12H,7-10H2,1-6H3;3-7H2,1-2H3;2*1-2H3. The number of ketones is 1. The number of unbranched alkanes of at least 4 members (excludes halogenated alkanes) is 4. The third kappa shape index (κ3) is 7.92. The third-order valence-corrected chi connectivity index (χ3v) is 6.25. The van der Waals surface area contributed by atoms with E-state index in [1.165, 1.54) is 48.8 Å². The Bertz CT molecular complexity index is 618. The molecule has 2 rings (SSSR count). The van der Waals surface area contributed by atoms with Crippen molar-refractivity contribution in [2.75, 3.05) is 7.11 Å². The largest absolute Gasteiger partial charge is 0.497 e. The van der Waals surface area contributed by atoms with Crippen LogP contribution < -0.4 is 4.74 Å². The van der Waals surface area contributed by atoms with Crippen molar-refractivity contribution in [3.63, 3.8) is 0 Å². The lowest BCUT2D eigenvalue weighted by Gasteiger charge is -2.30. The van der Waals surface area contributed by atoms with E-state index in [4.69, 9.17) is 4.74 Å². The predicted octanol–water partition coefficient (Wildman–Crippen LogP) is 9.73. The Morgan fingerprint density at radius 3 is 1.62 bits per heavy atom. The summed E-state index contributed by atoms with van der Waals surface area (Å²) in [6, 6.07) is 4.17. The van der Waals surface area contributed by atoms with Gasteiger partial charge in [0.15, 0.2) is 5.78 Å². The number of hydrogen-bond acceptors (Lipinski definition) is 2. The first-order valence-electron chi connectivity index (χ1n) is 13.5. The number of methoxy groups -OCH3 is 1. The maximum Gasteiger partial charge on any atom is 0.153 e. The molecule has 188 valence electrons. The Morgan fingerprint density at radius 1 is 0.781 bits per heavy atom. The Kier molecular flexibility index (Phi) is 17.7. The monoisotopic (exact) mass is 448 g/mol. The molecule has 1 aliphatic rings. The van der Waals surface area contributed by atoms with Crippen molar-refractivity contribution in [1.29, 1.82) is 0 Å². The molecule has 0 heterocycles. The minimum absolute atomic E-state index is 0.318. The van der Waals surface area contributed by atoms with Gasteiger partial charge < -0.3 is 4.74 Å². The molecule has 0 unspecified atom stereocenters. The van der Waals surface area contributed by atoms with E-state index in [2.05, 4.69) is 60.6 Å². The minimum Gasteiger partial charge on any atom is -0.497 e. The van der Waals surface area contributed by atoms with Crippen molar-refractivity contribution in [3.8, 4) is 5.75 Å². The van der Waals surface area contributed by atoms with Crippen molar-refractivity contribution in [1.82, 2.24) is 0 Å². The topological polar surface area (TPSA) is 26.3 Å². The van der Waals surface area contributed by atoms with Crippen LogP contribution in [0.5, 0.6) is 5.75 Å². The average molecular weight is 449 g/mol. The van der Waals surface area contributed by atoms with Crippen LogP contribution in [0.1, 0.15) is 144 Å². The van der Waals surface area contributed by atoms with E-state index in [0.29, 0.717) is 5.78 Å².